The maximum atomic E-state index is 14.7. The highest BCUT2D eigenvalue weighted by molar-refractivity contribution is 6.11. The molecule has 0 radical (unpaired) electrons. The van der Waals surface area contributed by atoms with Crippen LogP contribution in [0, 0.1) is 32.4 Å². The molecule has 4 rings (SSSR count). The number of hydrogen-bond acceptors (Lipinski definition) is 9. The number of carbonyl (C=O) groups excluding carboxylic acids is 3. The highest BCUT2D eigenvalue weighted by Crippen LogP contribution is 2.30. The van der Waals surface area contributed by atoms with Crippen molar-refractivity contribution in [2.75, 3.05) is 40.9 Å². The summed E-state index contributed by atoms with van der Waals surface area (Å²) in [6, 6.07) is 7.84. The van der Waals surface area contributed by atoms with E-state index in [0.29, 0.717) is 41.7 Å². The fourth-order valence-corrected chi connectivity index (χ4v) is 5.74. The first-order valence-electron chi connectivity index (χ1n) is 15.5. The number of ether oxygens (including phenoxy) is 4. The molecule has 0 spiro atoms. The second kappa shape index (κ2) is 16.0. The highest BCUT2D eigenvalue weighted by Gasteiger charge is 2.47. The maximum Gasteiger partial charge on any atom is 0.556 e. The molecular weight excluding hydrogens is 646 g/mol. The first kappa shape index (κ1) is 36.9. The lowest BCUT2D eigenvalue weighted by Gasteiger charge is -2.30. The molecule has 0 aromatic heterocycles. The van der Waals surface area contributed by atoms with Gasteiger partial charge in [-0.25, -0.2) is 13.6 Å². The van der Waals surface area contributed by atoms with Gasteiger partial charge in [-0.15, -0.1) is 0 Å². The highest BCUT2D eigenvalue weighted by atomic mass is 19.2. The smallest absolute Gasteiger partial charge is 0.467 e. The van der Waals surface area contributed by atoms with E-state index in [1.54, 1.807) is 19.9 Å². The van der Waals surface area contributed by atoms with Gasteiger partial charge in [-0.3, -0.25) is 14.4 Å². The van der Waals surface area contributed by atoms with Gasteiger partial charge in [0, 0.05) is 31.8 Å². The number of hydroxylamine groups is 3. The maximum absolute atomic E-state index is 14.7. The third kappa shape index (κ3) is 8.21. The zero-order valence-electron chi connectivity index (χ0n) is 27.9. The molecule has 0 aliphatic carbocycles. The Morgan fingerprint density at radius 2 is 1.49 bits per heavy atom. The minimum Gasteiger partial charge on any atom is -0.467 e. The standard InChI is InChI=1S/C35H38F2N2O10/c1-20-16-28(48-19-46-5)21(2)22(3)29(20)33(41)38-25-8-6-7-15-39(17-25,35(43)44)49-34(42)24-11-9-23(10-12-24)32(40)30-27(47-18-45-4)14-13-26(36)31(30)37/h9-14,16,25H,6-8,15,17-19H2,1-5H3,(H-,38,41,43,44)/p+1. The van der Waals surface area contributed by atoms with E-state index in [1.807, 2.05) is 6.92 Å². The Kier molecular flexibility index (Phi) is 12.0. The topological polar surface area (TPSA) is 147 Å². The summed E-state index contributed by atoms with van der Waals surface area (Å²) >= 11 is 0. The van der Waals surface area contributed by atoms with Crippen molar-refractivity contribution in [2.45, 2.75) is 46.1 Å². The number of carboxylic acid groups (broad SMARTS) is 1. The predicted molar refractivity (Wildman–Crippen MR) is 170 cm³/mol. The van der Waals surface area contributed by atoms with Crippen molar-refractivity contribution in [2.24, 2.45) is 0 Å². The number of rotatable bonds is 11. The number of nitrogens with zero attached hydrogens (tertiary/aromatic N) is 1. The second-order valence-electron chi connectivity index (χ2n) is 11.7. The number of hydrogen-bond donors (Lipinski definition) is 2. The first-order chi connectivity index (χ1) is 23.3. The zero-order valence-corrected chi connectivity index (χ0v) is 27.9. The van der Waals surface area contributed by atoms with E-state index in [-0.39, 0.29) is 43.6 Å². The van der Waals surface area contributed by atoms with Crippen molar-refractivity contribution in [3.05, 3.63) is 93.0 Å². The minimum atomic E-state index is -1.42. The van der Waals surface area contributed by atoms with Crippen LogP contribution in [0.4, 0.5) is 13.6 Å². The van der Waals surface area contributed by atoms with Gasteiger partial charge in [0.05, 0.1) is 11.6 Å². The molecule has 1 fully saturated rings. The number of nitrogens with one attached hydrogen (secondary N) is 1. The van der Waals surface area contributed by atoms with Crippen molar-refractivity contribution in [1.82, 2.24) is 5.32 Å². The van der Waals surface area contributed by atoms with Gasteiger partial charge in [0.1, 0.15) is 23.6 Å². The molecule has 2 N–H and O–H groups in total. The van der Waals surface area contributed by atoms with Crippen LogP contribution in [0.2, 0.25) is 0 Å². The minimum absolute atomic E-state index is 0.0456. The van der Waals surface area contributed by atoms with E-state index in [4.69, 9.17) is 23.8 Å². The molecular formula is C35H39F2N2O10+. The lowest BCUT2D eigenvalue weighted by Crippen LogP contribution is -2.58. The van der Waals surface area contributed by atoms with Gasteiger partial charge >= 0.3 is 12.1 Å². The molecule has 2 atom stereocenters. The van der Waals surface area contributed by atoms with Gasteiger partial charge in [-0.05, 0) is 85.3 Å². The van der Waals surface area contributed by atoms with Gasteiger partial charge in [-0.1, -0.05) is 12.1 Å². The van der Waals surface area contributed by atoms with Crippen molar-refractivity contribution in [3.8, 4) is 11.5 Å². The normalized spacial score (nSPS) is 17.5. The molecule has 0 saturated carbocycles. The molecule has 262 valence electrons. The van der Waals surface area contributed by atoms with E-state index in [2.05, 4.69) is 5.32 Å². The molecule has 1 aliphatic rings. The summed E-state index contributed by atoms with van der Waals surface area (Å²) in [7, 11) is 2.83. The summed E-state index contributed by atoms with van der Waals surface area (Å²) in [6.45, 7) is 4.84. The zero-order chi connectivity index (χ0) is 35.9. The lowest BCUT2D eigenvalue weighted by atomic mass is 9.96. The van der Waals surface area contributed by atoms with Crippen LogP contribution in [0.3, 0.4) is 0 Å². The van der Waals surface area contributed by atoms with Gasteiger partial charge in [0.2, 0.25) is 0 Å². The Balaban J connectivity index is 1.53. The Morgan fingerprint density at radius 3 is 2.12 bits per heavy atom. The molecule has 3 aromatic carbocycles. The number of halogens is 2. The largest absolute Gasteiger partial charge is 0.556 e. The molecule has 0 bridgehead atoms. The monoisotopic (exact) mass is 685 g/mol. The number of methoxy groups -OCH3 is 2. The van der Waals surface area contributed by atoms with E-state index >= 15 is 0 Å². The van der Waals surface area contributed by atoms with E-state index < -0.39 is 51.6 Å². The first-order valence-corrected chi connectivity index (χ1v) is 15.5. The van der Waals surface area contributed by atoms with Crippen molar-refractivity contribution in [3.63, 3.8) is 0 Å². The molecule has 3 aromatic rings. The summed E-state index contributed by atoms with van der Waals surface area (Å²) in [5, 5.41) is 13.3. The van der Waals surface area contributed by atoms with Crippen molar-refractivity contribution >= 4 is 23.8 Å². The number of amides is 2. The molecule has 1 saturated heterocycles. The fraction of sp³-hybridized carbons (Fsp3) is 0.371. The van der Waals surface area contributed by atoms with Crippen LogP contribution >= 0.6 is 0 Å². The van der Waals surface area contributed by atoms with Crippen LogP contribution in [0.25, 0.3) is 0 Å². The number of quaternary nitrogens is 1. The fourth-order valence-electron chi connectivity index (χ4n) is 5.74. The molecule has 12 nitrogen and oxygen atoms in total. The quantitative estimate of drug-likeness (QED) is 0.148. The number of aryl methyl sites for hydroxylation is 1. The Morgan fingerprint density at radius 1 is 0.857 bits per heavy atom. The summed E-state index contributed by atoms with van der Waals surface area (Å²) in [6.07, 6.45) is -0.00420. The van der Waals surface area contributed by atoms with Crippen LogP contribution in [0.1, 0.15) is 72.6 Å². The second-order valence-corrected chi connectivity index (χ2v) is 11.7. The molecule has 2 unspecified atom stereocenters. The van der Waals surface area contributed by atoms with Crippen molar-refractivity contribution in [1.29, 1.82) is 0 Å². The Labute approximate surface area is 282 Å². The Bertz CT molecular complexity index is 1730. The van der Waals surface area contributed by atoms with Crippen LogP contribution < -0.4 is 14.8 Å². The summed E-state index contributed by atoms with van der Waals surface area (Å²) in [5.74, 6) is -4.64. The molecule has 49 heavy (non-hydrogen) atoms. The van der Waals surface area contributed by atoms with E-state index in [9.17, 15) is 33.1 Å². The Hall–Kier alpha value is -4.92. The predicted octanol–water partition coefficient (Wildman–Crippen LogP) is 5.64. The SMILES string of the molecule is COCOc1cc(C)c(C(=O)NC2CCCC[N+](OC(=O)c3ccc(C(=O)c4c(OCOC)ccc(F)c4F)cc3)(C(=O)O)C2)c(C)c1C. The van der Waals surface area contributed by atoms with Gasteiger partial charge < -0.3 is 29.4 Å². The van der Waals surface area contributed by atoms with Gasteiger partial charge in [-0.2, -0.15) is 4.79 Å². The van der Waals surface area contributed by atoms with Gasteiger partial charge in [0.25, 0.3) is 5.91 Å². The summed E-state index contributed by atoms with van der Waals surface area (Å²) in [5.41, 5.74) is 1.70. The summed E-state index contributed by atoms with van der Waals surface area (Å²) in [4.78, 5) is 58.3. The van der Waals surface area contributed by atoms with E-state index in [0.717, 1.165) is 17.7 Å². The van der Waals surface area contributed by atoms with Crippen LogP contribution in [-0.4, -0.2) is 80.4 Å². The molecule has 14 heteroatoms. The summed E-state index contributed by atoms with van der Waals surface area (Å²) < 4.78 is 48.2. The third-order valence-electron chi connectivity index (χ3n) is 8.39. The number of ketones is 1. The average Bonchev–Trinajstić information content (AvgIpc) is 3.28. The number of benzene rings is 3. The lowest BCUT2D eigenvalue weighted by molar-refractivity contribution is -1.03. The molecule has 1 heterocycles. The van der Waals surface area contributed by atoms with Crippen LogP contribution in [0.15, 0.2) is 42.5 Å². The van der Waals surface area contributed by atoms with Crippen LogP contribution in [0.5, 0.6) is 11.5 Å². The van der Waals surface area contributed by atoms with E-state index in [1.165, 1.54) is 38.5 Å². The molecule has 1 aliphatic heterocycles. The number of carbonyl (C=O) groups is 4. The van der Waals surface area contributed by atoms with Crippen molar-refractivity contribution < 1.29 is 61.5 Å². The van der Waals surface area contributed by atoms with Crippen LogP contribution in [-0.2, 0) is 14.3 Å². The molecule has 2 amide bonds. The average molecular weight is 686 g/mol. The third-order valence-corrected chi connectivity index (χ3v) is 8.39. The van der Waals surface area contributed by atoms with Gasteiger partial charge in [0.15, 0.2) is 37.5 Å². The number of likely N-dealkylation sites (tertiary alicyclic amines) is 1.